The Balaban J connectivity index is 1.65. The SMILES string of the molecule is OC1(c2ccc(Oc3ccc(Cl)cc3)cc2Cl)CCCCCC1n1cncn1. The molecule has 3 aromatic rings. The Kier molecular flexibility index (Phi) is 5.58. The Labute approximate surface area is 173 Å². The van der Waals surface area contributed by atoms with Crippen molar-refractivity contribution in [3.8, 4) is 11.5 Å². The molecule has 0 aliphatic heterocycles. The van der Waals surface area contributed by atoms with E-state index in [1.807, 2.05) is 12.1 Å². The molecule has 1 N–H and O–H groups in total. The summed E-state index contributed by atoms with van der Waals surface area (Å²) >= 11 is 12.5. The summed E-state index contributed by atoms with van der Waals surface area (Å²) in [5.74, 6) is 1.27. The molecule has 0 bridgehead atoms. The van der Waals surface area contributed by atoms with Crippen molar-refractivity contribution < 1.29 is 9.84 Å². The monoisotopic (exact) mass is 417 g/mol. The number of ether oxygens (including phenoxy) is 1. The van der Waals surface area contributed by atoms with Crippen molar-refractivity contribution in [2.24, 2.45) is 0 Å². The number of aromatic nitrogens is 3. The zero-order valence-corrected chi connectivity index (χ0v) is 16.8. The van der Waals surface area contributed by atoms with Gasteiger partial charge in [-0.15, -0.1) is 0 Å². The van der Waals surface area contributed by atoms with Gasteiger partial charge in [-0.3, -0.25) is 0 Å². The maximum Gasteiger partial charge on any atom is 0.137 e. The van der Waals surface area contributed by atoms with Crippen LogP contribution in [0.3, 0.4) is 0 Å². The van der Waals surface area contributed by atoms with Crippen molar-refractivity contribution in [1.82, 2.24) is 14.8 Å². The Morgan fingerprint density at radius 3 is 2.54 bits per heavy atom. The van der Waals surface area contributed by atoms with E-state index in [2.05, 4.69) is 10.1 Å². The van der Waals surface area contributed by atoms with Crippen LogP contribution >= 0.6 is 23.2 Å². The Hall–Kier alpha value is -2.08. The molecule has 4 rings (SSSR count). The van der Waals surface area contributed by atoms with Gasteiger partial charge in [0.25, 0.3) is 0 Å². The predicted octanol–water partition coefficient (Wildman–Crippen LogP) is 5.77. The third-order valence-corrected chi connectivity index (χ3v) is 5.86. The normalized spacial score (nSPS) is 22.6. The lowest BCUT2D eigenvalue weighted by molar-refractivity contribution is -0.0285. The van der Waals surface area contributed by atoms with E-state index in [1.165, 1.54) is 6.33 Å². The molecule has 1 saturated carbocycles. The lowest BCUT2D eigenvalue weighted by atomic mass is 9.82. The molecular formula is C21H21Cl2N3O2. The Morgan fingerprint density at radius 1 is 1.04 bits per heavy atom. The van der Waals surface area contributed by atoms with Crippen LogP contribution in [0.4, 0.5) is 0 Å². The molecule has 1 fully saturated rings. The highest BCUT2D eigenvalue weighted by Gasteiger charge is 2.42. The van der Waals surface area contributed by atoms with E-state index in [-0.39, 0.29) is 6.04 Å². The molecule has 0 radical (unpaired) electrons. The molecular weight excluding hydrogens is 397 g/mol. The van der Waals surface area contributed by atoms with E-state index in [9.17, 15) is 5.11 Å². The number of benzene rings is 2. The molecule has 2 atom stereocenters. The molecule has 1 aliphatic carbocycles. The van der Waals surface area contributed by atoms with Crippen molar-refractivity contribution in [3.63, 3.8) is 0 Å². The summed E-state index contributed by atoms with van der Waals surface area (Å²) in [5.41, 5.74) is -0.417. The molecule has 1 aliphatic rings. The first-order chi connectivity index (χ1) is 13.6. The highest BCUT2D eigenvalue weighted by atomic mass is 35.5. The maximum atomic E-state index is 11.7. The zero-order chi connectivity index (χ0) is 19.6. The van der Waals surface area contributed by atoms with Crippen LogP contribution in [-0.2, 0) is 5.60 Å². The molecule has 0 spiro atoms. The van der Waals surface area contributed by atoms with Gasteiger partial charge in [0, 0.05) is 10.6 Å². The number of aliphatic hydroxyl groups is 1. The zero-order valence-electron chi connectivity index (χ0n) is 15.3. The van der Waals surface area contributed by atoms with Crippen LogP contribution < -0.4 is 4.74 Å². The van der Waals surface area contributed by atoms with E-state index < -0.39 is 5.60 Å². The van der Waals surface area contributed by atoms with Gasteiger partial charge < -0.3 is 9.84 Å². The van der Waals surface area contributed by atoms with E-state index in [1.54, 1.807) is 41.3 Å². The fourth-order valence-electron chi connectivity index (χ4n) is 3.91. The summed E-state index contributed by atoms with van der Waals surface area (Å²) in [4.78, 5) is 4.06. The lowest BCUT2D eigenvalue weighted by Gasteiger charge is -2.36. The minimum Gasteiger partial charge on any atom is -0.457 e. The van der Waals surface area contributed by atoms with Crippen LogP contribution in [-0.4, -0.2) is 19.9 Å². The second-order valence-electron chi connectivity index (χ2n) is 7.11. The number of rotatable bonds is 4. The third kappa shape index (κ3) is 3.88. The molecule has 2 aromatic carbocycles. The van der Waals surface area contributed by atoms with Crippen LogP contribution in [0.1, 0.15) is 43.7 Å². The van der Waals surface area contributed by atoms with Crippen LogP contribution in [0.5, 0.6) is 11.5 Å². The average molecular weight is 418 g/mol. The van der Waals surface area contributed by atoms with E-state index >= 15 is 0 Å². The van der Waals surface area contributed by atoms with Gasteiger partial charge in [0.05, 0.1) is 11.1 Å². The van der Waals surface area contributed by atoms with Gasteiger partial charge in [0.2, 0.25) is 0 Å². The van der Waals surface area contributed by atoms with Crippen molar-refractivity contribution in [3.05, 3.63) is 70.7 Å². The first-order valence-electron chi connectivity index (χ1n) is 9.36. The second-order valence-corrected chi connectivity index (χ2v) is 7.96. The minimum atomic E-state index is -1.11. The summed E-state index contributed by atoms with van der Waals surface area (Å²) < 4.78 is 7.61. The Bertz CT molecular complexity index is 931. The van der Waals surface area contributed by atoms with Gasteiger partial charge in [-0.25, -0.2) is 9.67 Å². The van der Waals surface area contributed by atoms with Gasteiger partial charge >= 0.3 is 0 Å². The summed E-state index contributed by atoms with van der Waals surface area (Å²) in [6.07, 6.45) is 7.63. The quantitative estimate of drug-likeness (QED) is 0.547. The average Bonchev–Trinajstić information content (AvgIpc) is 3.13. The molecule has 7 heteroatoms. The molecule has 2 unspecified atom stereocenters. The fourth-order valence-corrected chi connectivity index (χ4v) is 4.37. The summed E-state index contributed by atoms with van der Waals surface area (Å²) in [5, 5.41) is 17.1. The fraction of sp³-hybridized carbons (Fsp3) is 0.333. The summed E-state index contributed by atoms with van der Waals surface area (Å²) in [7, 11) is 0. The first-order valence-corrected chi connectivity index (χ1v) is 10.1. The smallest absolute Gasteiger partial charge is 0.137 e. The molecule has 1 heterocycles. The first kappa shape index (κ1) is 19.2. The summed E-state index contributed by atoms with van der Waals surface area (Å²) in [6.45, 7) is 0. The number of hydrogen-bond donors (Lipinski definition) is 1. The van der Waals surface area contributed by atoms with Gasteiger partial charge in [-0.2, -0.15) is 5.10 Å². The molecule has 146 valence electrons. The molecule has 5 nitrogen and oxygen atoms in total. The maximum absolute atomic E-state index is 11.7. The van der Waals surface area contributed by atoms with Gasteiger partial charge in [-0.05, 0) is 49.2 Å². The molecule has 0 saturated heterocycles. The molecule has 0 amide bonds. The minimum absolute atomic E-state index is 0.210. The van der Waals surface area contributed by atoms with E-state index in [4.69, 9.17) is 27.9 Å². The standard InChI is InChI=1S/C21H21Cl2N3O2/c22-15-5-7-16(8-6-15)28-17-9-10-18(19(23)12-17)21(27)11-3-1-2-4-20(21)26-14-24-13-25-26/h5-10,12-14,20,27H,1-4,11H2. The van der Waals surface area contributed by atoms with Gasteiger partial charge in [0.1, 0.15) is 29.8 Å². The number of hydrogen-bond acceptors (Lipinski definition) is 4. The van der Waals surface area contributed by atoms with Crippen molar-refractivity contribution in [2.75, 3.05) is 0 Å². The number of nitrogens with zero attached hydrogens (tertiary/aromatic N) is 3. The largest absolute Gasteiger partial charge is 0.457 e. The van der Waals surface area contributed by atoms with Crippen LogP contribution in [0.25, 0.3) is 0 Å². The van der Waals surface area contributed by atoms with Crippen LogP contribution in [0.15, 0.2) is 55.1 Å². The second kappa shape index (κ2) is 8.11. The van der Waals surface area contributed by atoms with Gasteiger partial charge in [-0.1, -0.05) is 48.5 Å². The van der Waals surface area contributed by atoms with Gasteiger partial charge in [0.15, 0.2) is 0 Å². The highest BCUT2D eigenvalue weighted by Crippen LogP contribution is 2.46. The highest BCUT2D eigenvalue weighted by molar-refractivity contribution is 6.31. The van der Waals surface area contributed by atoms with Crippen LogP contribution in [0, 0.1) is 0 Å². The Morgan fingerprint density at radius 2 is 1.82 bits per heavy atom. The van der Waals surface area contributed by atoms with E-state index in [0.717, 1.165) is 25.7 Å². The number of halogens is 2. The topological polar surface area (TPSA) is 60.2 Å². The molecule has 1 aromatic heterocycles. The molecule has 28 heavy (non-hydrogen) atoms. The predicted molar refractivity (Wildman–Crippen MR) is 109 cm³/mol. The van der Waals surface area contributed by atoms with Crippen LogP contribution in [0.2, 0.25) is 10.0 Å². The van der Waals surface area contributed by atoms with Crippen molar-refractivity contribution in [2.45, 2.75) is 43.7 Å². The third-order valence-electron chi connectivity index (χ3n) is 5.30. The van der Waals surface area contributed by atoms with E-state index in [0.29, 0.717) is 33.5 Å². The lowest BCUT2D eigenvalue weighted by Crippen LogP contribution is -2.36. The van der Waals surface area contributed by atoms with Crippen molar-refractivity contribution in [1.29, 1.82) is 0 Å². The van der Waals surface area contributed by atoms with Crippen molar-refractivity contribution >= 4 is 23.2 Å². The summed E-state index contributed by atoms with van der Waals surface area (Å²) in [6, 6.07) is 12.3.